The average Bonchev–Trinajstić information content (AvgIpc) is 3.04. The highest BCUT2D eigenvalue weighted by atomic mass is 16.7. The van der Waals surface area contributed by atoms with Gasteiger partial charge in [-0.25, -0.2) is 0 Å². The van der Waals surface area contributed by atoms with Crippen LogP contribution in [0.3, 0.4) is 0 Å². The van der Waals surface area contributed by atoms with Crippen LogP contribution in [0.15, 0.2) is 42.5 Å². The number of rotatable bonds is 11. The molecule has 0 aliphatic carbocycles. The number of ether oxygens (including phenoxy) is 1. The Hall–Kier alpha value is -3.90. The van der Waals surface area contributed by atoms with E-state index in [4.69, 9.17) is 9.57 Å². The molecule has 2 amide bonds. The standard InChI is InChI=1S/C24H25BN3O8/c1-24(2,3)36-21(30)12-17(26-25-14-29)11-16-10-15(8-9-20(16)28(33)34)13-35-27-22(31)18-6-4-5-7-19(18)23(27)32/h4-10,14,17,26H,11-13H2,1-3H3/t17-/m0/s1. The number of imide groups is 1. The number of benzene rings is 2. The summed E-state index contributed by atoms with van der Waals surface area (Å²) in [4.78, 5) is 64.7. The number of fused-ring (bicyclic) bond motifs is 1. The zero-order valence-electron chi connectivity index (χ0n) is 20.1. The lowest BCUT2D eigenvalue weighted by Gasteiger charge is -2.23. The highest BCUT2D eigenvalue weighted by Crippen LogP contribution is 2.26. The third-order valence-corrected chi connectivity index (χ3v) is 5.16. The molecule has 36 heavy (non-hydrogen) atoms. The Bertz CT molecular complexity index is 1160. The Morgan fingerprint density at radius 3 is 2.36 bits per heavy atom. The number of nitro benzene ring substituents is 1. The van der Waals surface area contributed by atoms with Crippen LogP contribution in [0, 0.1) is 10.1 Å². The second kappa shape index (κ2) is 11.2. The number of hydrogen-bond acceptors (Lipinski definition) is 9. The van der Waals surface area contributed by atoms with E-state index in [9.17, 15) is 29.3 Å². The van der Waals surface area contributed by atoms with Gasteiger partial charge < -0.3 is 14.8 Å². The molecule has 2 aromatic rings. The number of nitrogens with one attached hydrogen (secondary N) is 1. The predicted octanol–water partition coefficient (Wildman–Crippen LogP) is 2.36. The van der Waals surface area contributed by atoms with Crippen LogP contribution in [0.2, 0.25) is 0 Å². The van der Waals surface area contributed by atoms with Gasteiger partial charge in [-0.15, -0.1) is 5.06 Å². The first-order valence-electron chi connectivity index (χ1n) is 11.1. The van der Waals surface area contributed by atoms with E-state index in [1.165, 1.54) is 30.3 Å². The summed E-state index contributed by atoms with van der Waals surface area (Å²) in [5.41, 5.74) is 0.278. The maximum Gasteiger partial charge on any atom is 0.307 e. The number of nitro groups is 1. The molecule has 1 atom stereocenters. The lowest BCUT2D eigenvalue weighted by atomic mass is 9.92. The summed E-state index contributed by atoms with van der Waals surface area (Å²) >= 11 is 0. The molecule has 0 unspecified atom stereocenters. The molecule has 187 valence electrons. The largest absolute Gasteiger partial charge is 0.460 e. The molecule has 3 rings (SSSR count). The fraction of sp³-hybridized carbons (Fsp3) is 0.333. The zero-order chi connectivity index (χ0) is 26.5. The topological polar surface area (TPSA) is 145 Å². The first-order chi connectivity index (χ1) is 17.0. The Kier molecular flexibility index (Phi) is 8.33. The van der Waals surface area contributed by atoms with Crippen molar-refractivity contribution in [1.29, 1.82) is 0 Å². The van der Waals surface area contributed by atoms with Gasteiger partial charge in [0.1, 0.15) is 12.2 Å². The first kappa shape index (κ1) is 26.7. The van der Waals surface area contributed by atoms with Crippen LogP contribution < -0.4 is 5.23 Å². The zero-order valence-corrected chi connectivity index (χ0v) is 20.1. The van der Waals surface area contributed by atoms with Crippen LogP contribution in [-0.4, -0.2) is 53.0 Å². The van der Waals surface area contributed by atoms with E-state index >= 15 is 0 Å². The molecule has 0 saturated heterocycles. The van der Waals surface area contributed by atoms with Gasteiger partial charge in [-0.05, 0) is 57.0 Å². The maximum absolute atomic E-state index is 12.5. The highest BCUT2D eigenvalue weighted by Gasteiger charge is 2.36. The highest BCUT2D eigenvalue weighted by molar-refractivity contribution is 6.64. The first-order valence-corrected chi connectivity index (χ1v) is 11.1. The summed E-state index contributed by atoms with van der Waals surface area (Å²) in [5.74, 6) is -1.72. The molecule has 0 bridgehead atoms. The normalized spacial score (nSPS) is 13.8. The minimum absolute atomic E-state index is 0.0146. The van der Waals surface area contributed by atoms with E-state index in [1.807, 2.05) is 0 Å². The number of esters is 1. The fourth-order valence-electron chi connectivity index (χ4n) is 3.71. The van der Waals surface area contributed by atoms with Crippen molar-refractivity contribution < 1.29 is 33.7 Å². The van der Waals surface area contributed by atoms with Gasteiger partial charge in [-0.1, -0.05) is 12.1 Å². The maximum atomic E-state index is 12.5. The van der Waals surface area contributed by atoms with Gasteiger partial charge in [0.25, 0.3) is 24.9 Å². The summed E-state index contributed by atoms with van der Waals surface area (Å²) in [5, 5.41) is 15.1. The van der Waals surface area contributed by atoms with Gasteiger partial charge in [0.15, 0.2) is 0 Å². The SMILES string of the molecule is CC(C)(C)OC(=O)C[C@H](Cc1cc(CON2C(=O)c3ccccc3C2=O)ccc1[N+](=O)[O-])N[B]C=O. The summed E-state index contributed by atoms with van der Waals surface area (Å²) in [6.07, 6.45) is 0.373. The van der Waals surface area contributed by atoms with Crippen molar-refractivity contribution in [3.05, 3.63) is 74.8 Å². The molecule has 0 fully saturated rings. The number of hydrogen-bond donors (Lipinski definition) is 1. The van der Waals surface area contributed by atoms with Crippen molar-refractivity contribution in [2.45, 2.75) is 51.9 Å². The van der Waals surface area contributed by atoms with Gasteiger partial charge in [0.2, 0.25) is 0 Å². The van der Waals surface area contributed by atoms with Crippen molar-refractivity contribution in [1.82, 2.24) is 10.3 Å². The predicted molar refractivity (Wildman–Crippen MR) is 128 cm³/mol. The number of amides is 2. The second-order valence-corrected chi connectivity index (χ2v) is 9.10. The van der Waals surface area contributed by atoms with Gasteiger partial charge in [-0.2, -0.15) is 0 Å². The average molecular weight is 494 g/mol. The second-order valence-electron chi connectivity index (χ2n) is 9.10. The molecular formula is C24H25BN3O8. The minimum Gasteiger partial charge on any atom is -0.460 e. The Morgan fingerprint density at radius 2 is 1.81 bits per heavy atom. The van der Waals surface area contributed by atoms with Crippen LogP contribution in [0.1, 0.15) is 59.0 Å². The van der Waals surface area contributed by atoms with Crippen molar-refractivity contribution in [3.8, 4) is 0 Å². The minimum atomic E-state index is -0.719. The van der Waals surface area contributed by atoms with Crippen molar-refractivity contribution in [3.63, 3.8) is 0 Å². The molecule has 0 aromatic heterocycles. The molecule has 0 saturated carbocycles. The molecule has 1 N–H and O–H groups in total. The molecule has 0 spiro atoms. The Morgan fingerprint density at radius 1 is 1.17 bits per heavy atom. The number of nitrogens with zero attached hydrogens (tertiary/aromatic N) is 2. The van der Waals surface area contributed by atoms with Crippen LogP contribution >= 0.6 is 0 Å². The number of carbonyl (C=O) groups is 4. The molecule has 2 aromatic carbocycles. The van der Waals surface area contributed by atoms with E-state index in [2.05, 4.69) is 5.23 Å². The van der Waals surface area contributed by atoms with Gasteiger partial charge >= 0.3 is 5.97 Å². The third kappa shape index (κ3) is 6.61. The molecule has 1 heterocycles. The molecular weight excluding hydrogens is 469 g/mol. The van der Waals surface area contributed by atoms with Gasteiger partial charge in [0, 0.05) is 17.7 Å². The Balaban J connectivity index is 1.77. The monoisotopic (exact) mass is 494 g/mol. The summed E-state index contributed by atoms with van der Waals surface area (Å²) in [7, 11) is 1.11. The molecule has 1 radical (unpaired) electrons. The van der Waals surface area contributed by atoms with E-state index in [0.29, 0.717) is 16.8 Å². The summed E-state index contributed by atoms with van der Waals surface area (Å²) in [6, 6.07) is 9.89. The van der Waals surface area contributed by atoms with Crippen LogP contribution in [0.5, 0.6) is 0 Å². The smallest absolute Gasteiger partial charge is 0.307 e. The van der Waals surface area contributed by atoms with E-state index in [1.54, 1.807) is 32.9 Å². The van der Waals surface area contributed by atoms with Gasteiger partial charge in [0.05, 0.1) is 28.7 Å². The fourth-order valence-corrected chi connectivity index (χ4v) is 3.71. The van der Waals surface area contributed by atoms with E-state index < -0.39 is 34.3 Å². The lowest BCUT2D eigenvalue weighted by molar-refractivity contribution is -0.385. The molecule has 12 heteroatoms. The Labute approximate surface area is 208 Å². The van der Waals surface area contributed by atoms with E-state index in [-0.39, 0.29) is 41.8 Å². The summed E-state index contributed by atoms with van der Waals surface area (Å²) in [6.45, 7) is 4.94. The lowest BCUT2D eigenvalue weighted by Crippen LogP contribution is -2.38. The molecule has 1 aliphatic rings. The quantitative estimate of drug-likeness (QED) is 0.124. The van der Waals surface area contributed by atoms with Crippen LogP contribution in [0.25, 0.3) is 0 Å². The van der Waals surface area contributed by atoms with Crippen LogP contribution in [-0.2, 0) is 32.2 Å². The molecule has 11 nitrogen and oxygen atoms in total. The molecule has 1 aliphatic heterocycles. The van der Waals surface area contributed by atoms with Crippen molar-refractivity contribution >= 4 is 37.1 Å². The van der Waals surface area contributed by atoms with E-state index in [0.717, 1.165) is 7.41 Å². The van der Waals surface area contributed by atoms with Crippen LogP contribution in [0.4, 0.5) is 5.69 Å². The van der Waals surface area contributed by atoms with Crippen molar-refractivity contribution in [2.75, 3.05) is 0 Å². The summed E-state index contributed by atoms with van der Waals surface area (Å²) < 4.78 is 5.33. The van der Waals surface area contributed by atoms with Gasteiger partial charge in [-0.3, -0.25) is 29.3 Å². The number of hydroxylamine groups is 2. The van der Waals surface area contributed by atoms with Crippen molar-refractivity contribution in [2.24, 2.45) is 0 Å². The number of carbonyl (C=O) groups excluding carboxylic acids is 4. The third-order valence-electron chi connectivity index (χ3n) is 5.16.